The second kappa shape index (κ2) is 5.31. The number of nitrogens with zero attached hydrogens (tertiary/aromatic N) is 1. The van der Waals surface area contributed by atoms with E-state index < -0.39 is 0 Å². The summed E-state index contributed by atoms with van der Waals surface area (Å²) in [6, 6.07) is 0. The molecule has 1 aliphatic rings. The molecule has 0 aromatic carbocycles. The predicted molar refractivity (Wildman–Crippen MR) is 77.3 cm³/mol. The van der Waals surface area contributed by atoms with Crippen molar-refractivity contribution in [2.75, 3.05) is 18.8 Å². The molecule has 0 saturated heterocycles. The third-order valence-electron chi connectivity index (χ3n) is 3.93. The molecule has 0 spiro atoms. The Morgan fingerprint density at radius 3 is 2.61 bits per heavy atom. The highest BCUT2D eigenvalue weighted by Gasteiger charge is 2.32. The van der Waals surface area contributed by atoms with Crippen LogP contribution in [0.4, 0.5) is 5.00 Å². The van der Waals surface area contributed by atoms with E-state index in [0.29, 0.717) is 5.92 Å². The molecule has 1 aromatic rings. The molecule has 1 unspecified atom stereocenters. The Kier molecular flexibility index (Phi) is 3.95. The molecular formula is C14H22N2OS. The first-order chi connectivity index (χ1) is 8.63. The molecule has 18 heavy (non-hydrogen) atoms. The first-order valence-electron chi connectivity index (χ1n) is 6.84. The van der Waals surface area contributed by atoms with Crippen molar-refractivity contribution in [3.05, 3.63) is 16.0 Å². The first kappa shape index (κ1) is 13.4. The summed E-state index contributed by atoms with van der Waals surface area (Å²) >= 11 is 1.62. The second-order valence-corrected chi connectivity index (χ2v) is 5.94. The molecule has 2 rings (SSSR count). The van der Waals surface area contributed by atoms with Crippen molar-refractivity contribution in [1.82, 2.24) is 4.90 Å². The molecular weight excluding hydrogens is 244 g/mol. The van der Waals surface area contributed by atoms with Crippen LogP contribution in [0.15, 0.2) is 0 Å². The Bertz CT molecular complexity index is 449. The van der Waals surface area contributed by atoms with Crippen LogP contribution in [0.3, 0.4) is 0 Å². The van der Waals surface area contributed by atoms with E-state index in [9.17, 15) is 4.79 Å². The Morgan fingerprint density at radius 1 is 1.39 bits per heavy atom. The lowest BCUT2D eigenvalue weighted by molar-refractivity contribution is 0.0773. The number of carbonyl (C=O) groups excluding carboxylic acids is 1. The Hall–Kier alpha value is -1.03. The van der Waals surface area contributed by atoms with Gasteiger partial charge in [-0.2, -0.15) is 0 Å². The van der Waals surface area contributed by atoms with Gasteiger partial charge in [-0.3, -0.25) is 4.79 Å². The van der Waals surface area contributed by atoms with E-state index in [1.807, 2.05) is 18.7 Å². The van der Waals surface area contributed by atoms with Crippen molar-refractivity contribution in [3.8, 4) is 0 Å². The third-order valence-corrected chi connectivity index (χ3v) is 5.03. The fraction of sp³-hybridized carbons (Fsp3) is 0.643. The molecule has 1 aliphatic carbocycles. The van der Waals surface area contributed by atoms with E-state index in [2.05, 4.69) is 6.92 Å². The van der Waals surface area contributed by atoms with Gasteiger partial charge in [-0.05, 0) is 44.6 Å². The number of fused-ring (bicyclic) bond motifs is 1. The van der Waals surface area contributed by atoms with Gasteiger partial charge in [0.05, 0.1) is 10.6 Å². The van der Waals surface area contributed by atoms with Crippen LogP contribution < -0.4 is 5.73 Å². The van der Waals surface area contributed by atoms with Gasteiger partial charge < -0.3 is 10.6 Å². The van der Waals surface area contributed by atoms with Crippen LogP contribution in [-0.4, -0.2) is 23.9 Å². The van der Waals surface area contributed by atoms with E-state index in [1.54, 1.807) is 11.3 Å². The number of anilines is 1. The fourth-order valence-corrected chi connectivity index (χ4v) is 4.04. The van der Waals surface area contributed by atoms with Gasteiger partial charge in [0.15, 0.2) is 0 Å². The minimum atomic E-state index is 0.121. The van der Waals surface area contributed by atoms with Crippen LogP contribution in [0.5, 0.6) is 0 Å². The topological polar surface area (TPSA) is 46.3 Å². The monoisotopic (exact) mass is 266 g/mol. The minimum absolute atomic E-state index is 0.121. The number of thiophene rings is 1. The minimum Gasteiger partial charge on any atom is -0.390 e. The van der Waals surface area contributed by atoms with Crippen molar-refractivity contribution >= 4 is 22.2 Å². The third kappa shape index (κ3) is 2.03. The van der Waals surface area contributed by atoms with E-state index in [0.717, 1.165) is 36.5 Å². The normalized spacial score (nSPS) is 17.8. The van der Waals surface area contributed by atoms with Crippen LogP contribution in [-0.2, 0) is 6.42 Å². The van der Waals surface area contributed by atoms with Crippen molar-refractivity contribution in [1.29, 1.82) is 0 Å². The van der Waals surface area contributed by atoms with Crippen molar-refractivity contribution in [3.63, 3.8) is 0 Å². The summed E-state index contributed by atoms with van der Waals surface area (Å²) in [4.78, 5) is 15.8. The van der Waals surface area contributed by atoms with Gasteiger partial charge in [0.25, 0.3) is 5.91 Å². The molecule has 0 bridgehead atoms. The lowest BCUT2D eigenvalue weighted by Gasteiger charge is -2.20. The average Bonchev–Trinajstić information content (AvgIpc) is 2.87. The van der Waals surface area contributed by atoms with Crippen molar-refractivity contribution < 1.29 is 4.79 Å². The van der Waals surface area contributed by atoms with Crippen LogP contribution in [0.2, 0.25) is 0 Å². The summed E-state index contributed by atoms with van der Waals surface area (Å²) in [5.74, 6) is 0.651. The first-order valence-corrected chi connectivity index (χ1v) is 7.65. The zero-order chi connectivity index (χ0) is 13.3. The summed E-state index contributed by atoms with van der Waals surface area (Å²) in [5.41, 5.74) is 8.16. The van der Waals surface area contributed by atoms with E-state index >= 15 is 0 Å². The predicted octanol–water partition coefficient (Wildman–Crippen LogP) is 3.25. The Labute approximate surface area is 113 Å². The maximum Gasteiger partial charge on any atom is 0.257 e. The largest absolute Gasteiger partial charge is 0.390 e. The number of nitrogen functional groups attached to an aromatic ring is 1. The quantitative estimate of drug-likeness (QED) is 0.909. The highest BCUT2D eigenvalue weighted by atomic mass is 32.1. The van der Waals surface area contributed by atoms with E-state index in [4.69, 9.17) is 5.73 Å². The second-order valence-electron chi connectivity index (χ2n) is 4.80. The number of carbonyl (C=O) groups is 1. The summed E-state index contributed by atoms with van der Waals surface area (Å²) in [7, 11) is 0. The molecule has 2 N–H and O–H groups in total. The maximum absolute atomic E-state index is 12.6. The Morgan fingerprint density at radius 2 is 2.06 bits per heavy atom. The molecule has 0 aliphatic heterocycles. The highest BCUT2D eigenvalue weighted by Crippen LogP contribution is 2.45. The number of hydrogen-bond donors (Lipinski definition) is 1. The zero-order valence-corrected chi connectivity index (χ0v) is 12.3. The highest BCUT2D eigenvalue weighted by molar-refractivity contribution is 7.16. The molecule has 1 heterocycles. The molecule has 1 atom stereocenters. The average molecular weight is 266 g/mol. The molecule has 4 heteroatoms. The SMILES string of the molecule is CCC1CCc2sc(N)c(C(=O)N(CC)CC)c21. The molecule has 1 amide bonds. The van der Waals surface area contributed by atoms with Gasteiger partial charge in [-0.1, -0.05) is 6.92 Å². The number of amides is 1. The Balaban J connectivity index is 2.42. The number of aryl methyl sites for hydroxylation is 1. The van der Waals surface area contributed by atoms with Crippen LogP contribution in [0.25, 0.3) is 0 Å². The van der Waals surface area contributed by atoms with E-state index in [-0.39, 0.29) is 5.91 Å². The van der Waals surface area contributed by atoms with Crippen molar-refractivity contribution in [2.45, 2.75) is 46.0 Å². The van der Waals surface area contributed by atoms with Gasteiger partial charge in [0.2, 0.25) is 0 Å². The van der Waals surface area contributed by atoms with E-state index in [1.165, 1.54) is 16.9 Å². The maximum atomic E-state index is 12.6. The smallest absolute Gasteiger partial charge is 0.257 e. The van der Waals surface area contributed by atoms with Gasteiger partial charge in [0.1, 0.15) is 0 Å². The van der Waals surface area contributed by atoms with Gasteiger partial charge >= 0.3 is 0 Å². The lowest BCUT2D eigenvalue weighted by atomic mass is 9.96. The van der Waals surface area contributed by atoms with Gasteiger partial charge in [-0.15, -0.1) is 11.3 Å². The molecule has 0 radical (unpaired) electrons. The lowest BCUT2D eigenvalue weighted by Crippen LogP contribution is -2.31. The molecule has 1 aromatic heterocycles. The van der Waals surface area contributed by atoms with Crippen LogP contribution in [0.1, 0.15) is 60.3 Å². The standard InChI is InChI=1S/C14H22N2OS/c1-4-9-7-8-10-11(9)12(13(15)18-10)14(17)16(5-2)6-3/h9H,4-8,15H2,1-3H3. The molecule has 3 nitrogen and oxygen atoms in total. The van der Waals surface area contributed by atoms with Crippen LogP contribution in [0, 0.1) is 0 Å². The molecule has 0 saturated carbocycles. The van der Waals surface area contributed by atoms with Gasteiger partial charge in [0, 0.05) is 18.0 Å². The fourth-order valence-electron chi connectivity index (χ4n) is 2.88. The summed E-state index contributed by atoms with van der Waals surface area (Å²) in [6.45, 7) is 7.72. The van der Waals surface area contributed by atoms with Gasteiger partial charge in [-0.25, -0.2) is 0 Å². The summed E-state index contributed by atoms with van der Waals surface area (Å²) in [5, 5.41) is 0.718. The zero-order valence-electron chi connectivity index (χ0n) is 11.5. The number of hydrogen-bond acceptors (Lipinski definition) is 3. The molecule has 100 valence electrons. The summed E-state index contributed by atoms with van der Waals surface area (Å²) in [6.07, 6.45) is 3.37. The summed E-state index contributed by atoms with van der Waals surface area (Å²) < 4.78 is 0. The van der Waals surface area contributed by atoms with Crippen LogP contribution >= 0.6 is 11.3 Å². The number of nitrogens with two attached hydrogens (primary N) is 1. The van der Waals surface area contributed by atoms with Crippen molar-refractivity contribution in [2.24, 2.45) is 0 Å². The molecule has 0 fully saturated rings. The number of rotatable bonds is 4.